The molecular formula is C11H14N4S. The van der Waals surface area contributed by atoms with Gasteiger partial charge in [0.15, 0.2) is 0 Å². The van der Waals surface area contributed by atoms with Gasteiger partial charge in [0, 0.05) is 24.7 Å². The quantitative estimate of drug-likeness (QED) is 0.878. The van der Waals surface area contributed by atoms with Crippen LogP contribution in [0, 0.1) is 6.92 Å². The van der Waals surface area contributed by atoms with Crippen LogP contribution in [0.15, 0.2) is 34.3 Å². The number of hydrogen-bond donors (Lipinski definition) is 1. The van der Waals surface area contributed by atoms with E-state index < -0.39 is 0 Å². The molecule has 0 bridgehead atoms. The van der Waals surface area contributed by atoms with Crippen LogP contribution in [0.4, 0.5) is 0 Å². The predicted octanol–water partition coefficient (Wildman–Crippen LogP) is 1.73. The number of nitrogens with two attached hydrogens (primary N) is 1. The Morgan fingerprint density at radius 2 is 2.25 bits per heavy atom. The van der Waals surface area contributed by atoms with Crippen LogP contribution in [0.3, 0.4) is 0 Å². The van der Waals surface area contributed by atoms with E-state index in [-0.39, 0.29) is 0 Å². The normalized spacial score (nSPS) is 10.7. The molecule has 2 heterocycles. The van der Waals surface area contributed by atoms with E-state index in [1.165, 1.54) is 0 Å². The lowest BCUT2D eigenvalue weighted by atomic mass is 10.4. The zero-order valence-corrected chi connectivity index (χ0v) is 10.2. The van der Waals surface area contributed by atoms with Crippen LogP contribution < -0.4 is 5.73 Å². The Balaban J connectivity index is 2.17. The first-order valence-electron chi connectivity index (χ1n) is 5.02. The second kappa shape index (κ2) is 4.67. The molecule has 5 heteroatoms. The molecule has 16 heavy (non-hydrogen) atoms. The highest BCUT2D eigenvalue weighted by Crippen LogP contribution is 2.26. The molecule has 0 aliphatic carbocycles. The molecule has 0 aliphatic heterocycles. The second-order valence-electron chi connectivity index (χ2n) is 3.54. The maximum absolute atomic E-state index is 5.50. The first-order chi connectivity index (χ1) is 7.69. The molecule has 0 amide bonds. The third kappa shape index (κ3) is 2.43. The molecule has 0 radical (unpaired) electrons. The summed E-state index contributed by atoms with van der Waals surface area (Å²) in [5, 5.41) is 5.41. The van der Waals surface area contributed by atoms with Gasteiger partial charge in [0.1, 0.15) is 0 Å². The molecule has 0 saturated heterocycles. The molecule has 0 aliphatic rings. The highest BCUT2D eigenvalue weighted by Gasteiger charge is 2.04. The minimum Gasteiger partial charge on any atom is -0.325 e. The number of rotatable bonds is 3. The van der Waals surface area contributed by atoms with Crippen molar-refractivity contribution in [3.63, 3.8) is 0 Å². The minimum atomic E-state index is 0.482. The van der Waals surface area contributed by atoms with Gasteiger partial charge in [-0.3, -0.25) is 9.67 Å². The van der Waals surface area contributed by atoms with E-state index in [1.54, 1.807) is 11.8 Å². The van der Waals surface area contributed by atoms with Crippen LogP contribution in [0.1, 0.15) is 11.4 Å². The van der Waals surface area contributed by atoms with E-state index in [4.69, 9.17) is 5.73 Å². The monoisotopic (exact) mass is 234 g/mol. The van der Waals surface area contributed by atoms with E-state index >= 15 is 0 Å². The Kier molecular flexibility index (Phi) is 3.26. The SMILES string of the molecule is Cc1cc(Sc2ccc(CN)nc2)n(C)n1. The Bertz CT molecular complexity index is 475. The van der Waals surface area contributed by atoms with Gasteiger partial charge in [-0.15, -0.1) is 0 Å². The molecule has 2 rings (SSSR count). The Morgan fingerprint density at radius 3 is 2.75 bits per heavy atom. The van der Waals surface area contributed by atoms with Crippen LogP contribution in [0.5, 0.6) is 0 Å². The van der Waals surface area contributed by atoms with Gasteiger partial charge >= 0.3 is 0 Å². The first-order valence-corrected chi connectivity index (χ1v) is 5.84. The van der Waals surface area contributed by atoms with Gasteiger partial charge in [0.2, 0.25) is 0 Å². The van der Waals surface area contributed by atoms with E-state index in [0.29, 0.717) is 6.54 Å². The van der Waals surface area contributed by atoms with Crippen LogP contribution in [0.25, 0.3) is 0 Å². The van der Waals surface area contributed by atoms with E-state index in [1.807, 2.05) is 37.0 Å². The molecule has 4 nitrogen and oxygen atoms in total. The number of nitrogens with zero attached hydrogens (tertiary/aromatic N) is 3. The number of aromatic nitrogens is 3. The van der Waals surface area contributed by atoms with Crippen molar-refractivity contribution >= 4 is 11.8 Å². The van der Waals surface area contributed by atoms with Gasteiger partial charge in [0.05, 0.1) is 16.4 Å². The maximum Gasteiger partial charge on any atom is 0.0987 e. The van der Waals surface area contributed by atoms with Crippen LogP contribution >= 0.6 is 11.8 Å². The predicted molar refractivity (Wildman–Crippen MR) is 64.2 cm³/mol. The zero-order valence-electron chi connectivity index (χ0n) is 9.34. The summed E-state index contributed by atoms with van der Waals surface area (Å²) < 4.78 is 1.87. The molecule has 0 saturated carbocycles. The lowest BCUT2D eigenvalue weighted by molar-refractivity contribution is 0.692. The topological polar surface area (TPSA) is 56.7 Å². The molecule has 2 aromatic heterocycles. The van der Waals surface area contributed by atoms with Crippen molar-refractivity contribution in [1.29, 1.82) is 0 Å². The largest absolute Gasteiger partial charge is 0.325 e. The Morgan fingerprint density at radius 1 is 1.44 bits per heavy atom. The summed E-state index contributed by atoms with van der Waals surface area (Å²) in [6, 6.07) is 6.04. The fourth-order valence-corrected chi connectivity index (χ4v) is 2.28. The fourth-order valence-electron chi connectivity index (χ4n) is 1.40. The summed E-state index contributed by atoms with van der Waals surface area (Å²) in [5.41, 5.74) is 7.43. The highest BCUT2D eigenvalue weighted by molar-refractivity contribution is 7.99. The third-order valence-corrected chi connectivity index (χ3v) is 3.26. The summed E-state index contributed by atoms with van der Waals surface area (Å²) in [7, 11) is 1.94. The van der Waals surface area contributed by atoms with E-state index in [0.717, 1.165) is 21.3 Å². The van der Waals surface area contributed by atoms with Gasteiger partial charge in [-0.05, 0) is 25.1 Å². The second-order valence-corrected chi connectivity index (χ2v) is 4.63. The summed E-state index contributed by atoms with van der Waals surface area (Å²) in [4.78, 5) is 5.35. The molecule has 84 valence electrons. The lowest BCUT2D eigenvalue weighted by Crippen LogP contribution is -1.98. The average molecular weight is 234 g/mol. The summed E-state index contributed by atoms with van der Waals surface area (Å²) in [6.07, 6.45) is 1.84. The molecule has 0 atom stereocenters. The van der Waals surface area contributed by atoms with Gasteiger partial charge in [-0.1, -0.05) is 11.8 Å². The molecular weight excluding hydrogens is 220 g/mol. The maximum atomic E-state index is 5.50. The van der Waals surface area contributed by atoms with Gasteiger partial charge in [-0.25, -0.2) is 0 Å². The van der Waals surface area contributed by atoms with Crippen LogP contribution in [-0.4, -0.2) is 14.8 Å². The molecule has 2 aromatic rings. The summed E-state index contributed by atoms with van der Waals surface area (Å²) in [5.74, 6) is 0. The van der Waals surface area contributed by atoms with Crippen LogP contribution in [-0.2, 0) is 13.6 Å². The first kappa shape index (κ1) is 11.2. The Hall–Kier alpha value is -1.33. The van der Waals surface area contributed by atoms with E-state index in [9.17, 15) is 0 Å². The smallest absolute Gasteiger partial charge is 0.0987 e. The third-order valence-electron chi connectivity index (χ3n) is 2.19. The molecule has 0 fully saturated rings. The zero-order chi connectivity index (χ0) is 11.5. The fraction of sp³-hybridized carbons (Fsp3) is 0.273. The van der Waals surface area contributed by atoms with Crippen molar-refractivity contribution in [2.24, 2.45) is 12.8 Å². The van der Waals surface area contributed by atoms with Crippen molar-refractivity contribution in [3.8, 4) is 0 Å². The van der Waals surface area contributed by atoms with Crippen LogP contribution in [0.2, 0.25) is 0 Å². The lowest BCUT2D eigenvalue weighted by Gasteiger charge is -2.02. The molecule has 2 N–H and O–H groups in total. The summed E-state index contributed by atoms with van der Waals surface area (Å²) in [6.45, 7) is 2.47. The minimum absolute atomic E-state index is 0.482. The van der Waals surface area contributed by atoms with Gasteiger partial charge in [0.25, 0.3) is 0 Å². The van der Waals surface area contributed by atoms with Gasteiger partial charge in [-0.2, -0.15) is 5.10 Å². The van der Waals surface area contributed by atoms with Crippen molar-refractivity contribution in [1.82, 2.24) is 14.8 Å². The van der Waals surface area contributed by atoms with Crippen molar-refractivity contribution in [2.45, 2.75) is 23.4 Å². The van der Waals surface area contributed by atoms with Crippen molar-refractivity contribution in [3.05, 3.63) is 35.8 Å². The van der Waals surface area contributed by atoms with Crippen molar-refractivity contribution in [2.75, 3.05) is 0 Å². The van der Waals surface area contributed by atoms with Gasteiger partial charge < -0.3 is 5.73 Å². The molecule has 0 aromatic carbocycles. The molecule has 0 spiro atoms. The number of pyridine rings is 1. The van der Waals surface area contributed by atoms with E-state index in [2.05, 4.69) is 16.1 Å². The number of aryl methyl sites for hydroxylation is 2. The Labute approximate surface area is 98.9 Å². The standard InChI is InChI=1S/C11H14N4S/c1-8-5-11(15(2)14-8)16-10-4-3-9(6-12)13-7-10/h3-5,7H,6,12H2,1-2H3. The highest BCUT2D eigenvalue weighted by atomic mass is 32.2. The average Bonchev–Trinajstić information content (AvgIpc) is 2.59. The molecule has 0 unspecified atom stereocenters. The van der Waals surface area contributed by atoms with Crippen molar-refractivity contribution < 1.29 is 0 Å². The summed E-state index contributed by atoms with van der Waals surface area (Å²) >= 11 is 1.65. The number of hydrogen-bond acceptors (Lipinski definition) is 4.